The van der Waals surface area contributed by atoms with Crippen molar-refractivity contribution in [3.8, 4) is 11.1 Å². The van der Waals surface area contributed by atoms with Gasteiger partial charge in [-0.3, -0.25) is 9.59 Å². The fourth-order valence-electron chi connectivity index (χ4n) is 3.55. The quantitative estimate of drug-likeness (QED) is 0.448. The van der Waals surface area contributed by atoms with Gasteiger partial charge >= 0.3 is 5.97 Å². The maximum atomic E-state index is 12.6. The van der Waals surface area contributed by atoms with Gasteiger partial charge in [-0.2, -0.15) is 0 Å². The Hall–Kier alpha value is -4.39. The third kappa shape index (κ3) is 4.37. The summed E-state index contributed by atoms with van der Waals surface area (Å²) < 4.78 is 0. The molecule has 0 saturated carbocycles. The highest BCUT2D eigenvalue weighted by Gasteiger charge is 2.36. The van der Waals surface area contributed by atoms with Crippen LogP contribution in [-0.2, 0) is 16.0 Å². The molecule has 4 rings (SSSR count). The minimum absolute atomic E-state index is 0.200. The van der Waals surface area contributed by atoms with Crippen LogP contribution in [0.3, 0.4) is 0 Å². The van der Waals surface area contributed by atoms with Gasteiger partial charge in [0.15, 0.2) is 0 Å². The molecule has 1 aliphatic rings. The van der Waals surface area contributed by atoms with Crippen LogP contribution in [0.4, 0.5) is 5.69 Å². The molecule has 0 bridgehead atoms. The van der Waals surface area contributed by atoms with E-state index in [1.54, 1.807) is 36.4 Å². The van der Waals surface area contributed by atoms with Gasteiger partial charge in [0.25, 0.3) is 11.8 Å². The topological polar surface area (TPSA) is 116 Å². The summed E-state index contributed by atoms with van der Waals surface area (Å²) >= 11 is 0. The van der Waals surface area contributed by atoms with Crippen LogP contribution in [0, 0.1) is 0 Å². The molecule has 3 aromatic carbocycles. The van der Waals surface area contributed by atoms with Crippen molar-refractivity contribution in [1.29, 1.82) is 0 Å². The molecule has 0 aromatic heterocycles. The molecule has 7 heteroatoms. The average molecular weight is 428 g/mol. The maximum Gasteiger partial charge on any atom is 0.335 e. The summed E-state index contributed by atoms with van der Waals surface area (Å²) in [4.78, 5) is 35.9. The number of carbonyl (C=O) groups is 3. The Labute approximate surface area is 184 Å². The summed E-state index contributed by atoms with van der Waals surface area (Å²) in [5, 5.41) is 24.8. The van der Waals surface area contributed by atoms with Crippen LogP contribution >= 0.6 is 0 Å². The first-order valence-electron chi connectivity index (χ1n) is 9.95. The largest absolute Gasteiger partial charge is 0.509 e. The van der Waals surface area contributed by atoms with E-state index in [0.29, 0.717) is 12.1 Å². The number of carbonyl (C=O) groups excluding carboxylic acids is 2. The second-order valence-electron chi connectivity index (χ2n) is 7.39. The molecule has 1 aliphatic heterocycles. The molecule has 0 radical (unpaired) electrons. The first kappa shape index (κ1) is 20.9. The summed E-state index contributed by atoms with van der Waals surface area (Å²) in [6.45, 7) is 0. The zero-order valence-corrected chi connectivity index (χ0v) is 16.9. The summed E-state index contributed by atoms with van der Waals surface area (Å²) in [7, 11) is 0. The van der Waals surface area contributed by atoms with Crippen molar-refractivity contribution in [3.05, 3.63) is 101 Å². The molecule has 0 aliphatic carbocycles. The first-order valence-corrected chi connectivity index (χ1v) is 9.95. The number of carboxylic acid groups (broad SMARTS) is 1. The van der Waals surface area contributed by atoms with Crippen LogP contribution in [-0.4, -0.2) is 34.0 Å². The fraction of sp³-hybridized carbons (Fsp3) is 0.0800. The zero-order chi connectivity index (χ0) is 22.7. The molecular formula is C25H20N2O5. The predicted octanol–water partition coefficient (Wildman–Crippen LogP) is 3.54. The number of aliphatic hydroxyl groups excluding tert-OH is 1. The fourth-order valence-corrected chi connectivity index (χ4v) is 3.55. The van der Waals surface area contributed by atoms with E-state index in [1.165, 1.54) is 12.1 Å². The van der Waals surface area contributed by atoms with E-state index < -0.39 is 23.8 Å². The van der Waals surface area contributed by atoms with E-state index in [9.17, 15) is 19.5 Å². The highest BCUT2D eigenvalue weighted by atomic mass is 16.4. The number of anilines is 1. The van der Waals surface area contributed by atoms with E-state index in [-0.39, 0.29) is 16.9 Å². The van der Waals surface area contributed by atoms with Crippen LogP contribution in [0.5, 0.6) is 0 Å². The van der Waals surface area contributed by atoms with Gasteiger partial charge in [-0.15, -0.1) is 0 Å². The molecule has 7 nitrogen and oxygen atoms in total. The molecule has 4 N–H and O–H groups in total. The van der Waals surface area contributed by atoms with E-state index in [1.807, 2.05) is 30.3 Å². The maximum absolute atomic E-state index is 12.6. The van der Waals surface area contributed by atoms with E-state index >= 15 is 0 Å². The number of nitrogens with one attached hydrogen (secondary N) is 2. The minimum Gasteiger partial charge on any atom is -0.509 e. The summed E-state index contributed by atoms with van der Waals surface area (Å²) in [5.74, 6) is -2.56. The number of benzene rings is 3. The smallest absolute Gasteiger partial charge is 0.335 e. The van der Waals surface area contributed by atoms with Crippen molar-refractivity contribution in [2.75, 3.05) is 5.32 Å². The van der Waals surface area contributed by atoms with Crippen molar-refractivity contribution in [1.82, 2.24) is 5.32 Å². The van der Waals surface area contributed by atoms with E-state index in [2.05, 4.69) is 10.6 Å². The number of rotatable bonds is 6. The lowest BCUT2D eigenvalue weighted by Crippen LogP contribution is -2.31. The van der Waals surface area contributed by atoms with Gasteiger partial charge in [-0.05, 0) is 47.4 Å². The average Bonchev–Trinajstić information content (AvgIpc) is 3.07. The van der Waals surface area contributed by atoms with Gasteiger partial charge in [0.05, 0.1) is 11.6 Å². The number of amides is 2. The third-order valence-corrected chi connectivity index (χ3v) is 5.24. The van der Waals surface area contributed by atoms with Crippen molar-refractivity contribution in [2.24, 2.45) is 0 Å². The lowest BCUT2D eigenvalue weighted by Gasteiger charge is -2.10. The van der Waals surface area contributed by atoms with Crippen molar-refractivity contribution in [2.45, 2.75) is 12.5 Å². The molecule has 0 spiro atoms. The summed E-state index contributed by atoms with van der Waals surface area (Å²) in [5.41, 5.74) is 2.96. The third-order valence-electron chi connectivity index (χ3n) is 5.24. The number of hydrogen-bond donors (Lipinski definition) is 4. The standard InChI is InChI=1S/C25H20N2O5/c28-22-20(14-15-4-2-1-3-5-15)27-24(30)21(22)23(29)26-19-12-10-17(11-13-19)16-6-8-18(9-7-16)25(31)32/h1-13,20,28H,14H2,(H,26,29)(H,27,30)(H,31,32). The van der Waals surface area contributed by atoms with Crippen LogP contribution in [0.15, 0.2) is 90.2 Å². The second kappa shape index (κ2) is 8.77. The molecule has 0 saturated heterocycles. The van der Waals surface area contributed by atoms with Crippen LogP contribution < -0.4 is 10.6 Å². The molecule has 1 atom stereocenters. The molecule has 2 amide bonds. The number of aromatic carboxylic acids is 1. The molecule has 32 heavy (non-hydrogen) atoms. The van der Waals surface area contributed by atoms with Crippen LogP contribution in [0.2, 0.25) is 0 Å². The zero-order valence-electron chi connectivity index (χ0n) is 16.9. The highest BCUT2D eigenvalue weighted by Crippen LogP contribution is 2.24. The summed E-state index contributed by atoms with van der Waals surface area (Å²) in [6, 6.07) is 22.1. The Morgan fingerprint density at radius 3 is 2.06 bits per heavy atom. The Bertz CT molecular complexity index is 1200. The van der Waals surface area contributed by atoms with Crippen LogP contribution in [0.1, 0.15) is 15.9 Å². The first-order chi connectivity index (χ1) is 15.4. The SMILES string of the molecule is O=C(Nc1ccc(-c2ccc(C(=O)O)cc2)cc1)C1=C(O)C(Cc2ccccc2)NC1=O. The van der Waals surface area contributed by atoms with Gasteiger partial charge in [0.2, 0.25) is 0 Å². The van der Waals surface area contributed by atoms with Crippen molar-refractivity contribution in [3.63, 3.8) is 0 Å². The lowest BCUT2D eigenvalue weighted by atomic mass is 10.0. The molecule has 0 fully saturated rings. The van der Waals surface area contributed by atoms with Crippen molar-refractivity contribution >= 4 is 23.5 Å². The van der Waals surface area contributed by atoms with E-state index in [4.69, 9.17) is 5.11 Å². The molecule has 3 aromatic rings. The normalized spacial score (nSPS) is 15.4. The monoisotopic (exact) mass is 428 g/mol. The van der Waals surface area contributed by atoms with Gasteiger partial charge in [0.1, 0.15) is 11.3 Å². The molecule has 1 unspecified atom stereocenters. The second-order valence-corrected chi connectivity index (χ2v) is 7.39. The number of hydrogen-bond acceptors (Lipinski definition) is 4. The Kier molecular flexibility index (Phi) is 5.72. The number of carboxylic acids is 1. The molecule has 1 heterocycles. The van der Waals surface area contributed by atoms with Gasteiger partial charge in [0, 0.05) is 5.69 Å². The Morgan fingerprint density at radius 1 is 0.875 bits per heavy atom. The molecule has 160 valence electrons. The summed E-state index contributed by atoms with van der Waals surface area (Å²) in [6.07, 6.45) is 0.380. The molecular weight excluding hydrogens is 408 g/mol. The Morgan fingerprint density at radius 2 is 1.47 bits per heavy atom. The van der Waals surface area contributed by atoms with Crippen molar-refractivity contribution < 1.29 is 24.6 Å². The number of aliphatic hydroxyl groups is 1. The van der Waals surface area contributed by atoms with Gasteiger partial charge in [-0.1, -0.05) is 54.6 Å². The van der Waals surface area contributed by atoms with E-state index in [0.717, 1.165) is 16.7 Å². The van der Waals surface area contributed by atoms with Crippen LogP contribution in [0.25, 0.3) is 11.1 Å². The minimum atomic E-state index is -0.992. The highest BCUT2D eigenvalue weighted by molar-refractivity contribution is 6.24. The predicted molar refractivity (Wildman–Crippen MR) is 119 cm³/mol. The van der Waals surface area contributed by atoms with Gasteiger partial charge < -0.3 is 20.8 Å². The Balaban J connectivity index is 1.46. The lowest BCUT2D eigenvalue weighted by molar-refractivity contribution is -0.120. The van der Waals surface area contributed by atoms with Gasteiger partial charge in [-0.25, -0.2) is 4.79 Å².